The fraction of sp³-hybridized carbons (Fsp3) is 0.533. The molecular weight excluding hydrogens is 295 g/mol. The second-order valence-corrected chi connectivity index (χ2v) is 6.02. The van der Waals surface area contributed by atoms with Gasteiger partial charge in [-0.15, -0.1) is 12.4 Å². The average Bonchev–Trinajstić information content (AvgIpc) is 2.89. The van der Waals surface area contributed by atoms with E-state index in [1.54, 1.807) is 0 Å². The Labute approximate surface area is 131 Å². The van der Waals surface area contributed by atoms with Crippen molar-refractivity contribution < 1.29 is 4.79 Å². The summed E-state index contributed by atoms with van der Waals surface area (Å²) < 4.78 is 0. The highest BCUT2D eigenvalue weighted by Gasteiger charge is 2.31. The van der Waals surface area contributed by atoms with Gasteiger partial charge in [-0.1, -0.05) is 29.8 Å². The third-order valence-electron chi connectivity index (χ3n) is 3.79. The fourth-order valence-corrected chi connectivity index (χ4v) is 2.83. The summed E-state index contributed by atoms with van der Waals surface area (Å²) >= 11 is 6.19. The van der Waals surface area contributed by atoms with Gasteiger partial charge in [0.05, 0.1) is 5.41 Å². The Kier molecular flexibility index (Phi) is 6.31. The quantitative estimate of drug-likeness (QED) is 0.896. The van der Waals surface area contributed by atoms with Gasteiger partial charge in [-0.2, -0.15) is 0 Å². The first-order chi connectivity index (χ1) is 9.01. The summed E-state index contributed by atoms with van der Waals surface area (Å²) in [5.41, 5.74) is 0.255. The Morgan fingerprint density at radius 3 is 2.75 bits per heavy atom. The zero-order chi connectivity index (χ0) is 13.9. The standard InChI is InChI=1S/C15H21ClN2O.ClH/c1-15(2,12-7-3-4-8-13(12)16)14(19)18-10-11-6-5-9-17-11;/h3-4,7-8,11,17H,5-6,9-10H2,1-2H3,(H,18,19);1H. The molecule has 0 radical (unpaired) electrons. The lowest BCUT2D eigenvalue weighted by molar-refractivity contribution is -0.125. The van der Waals surface area contributed by atoms with Crippen molar-refractivity contribution in [1.29, 1.82) is 0 Å². The van der Waals surface area contributed by atoms with Gasteiger partial charge in [0.1, 0.15) is 0 Å². The molecular formula is C15H22Cl2N2O. The van der Waals surface area contributed by atoms with Crippen LogP contribution >= 0.6 is 24.0 Å². The van der Waals surface area contributed by atoms with Gasteiger partial charge in [0, 0.05) is 17.6 Å². The highest BCUT2D eigenvalue weighted by atomic mass is 35.5. The van der Waals surface area contributed by atoms with Gasteiger partial charge < -0.3 is 10.6 Å². The maximum Gasteiger partial charge on any atom is 0.230 e. The number of carbonyl (C=O) groups is 1. The molecule has 0 saturated carbocycles. The smallest absolute Gasteiger partial charge is 0.230 e. The molecule has 1 aromatic carbocycles. The first-order valence-corrected chi connectivity index (χ1v) is 7.16. The monoisotopic (exact) mass is 316 g/mol. The molecule has 3 nitrogen and oxygen atoms in total. The third kappa shape index (κ3) is 3.87. The molecule has 1 aromatic rings. The summed E-state index contributed by atoms with van der Waals surface area (Å²) in [5.74, 6) is 0.0225. The summed E-state index contributed by atoms with van der Waals surface area (Å²) in [4.78, 5) is 12.4. The number of halogens is 2. The summed E-state index contributed by atoms with van der Waals surface area (Å²) in [6.07, 6.45) is 2.32. The predicted molar refractivity (Wildman–Crippen MR) is 85.8 cm³/mol. The number of rotatable bonds is 4. The van der Waals surface area contributed by atoms with Crippen LogP contribution in [0.3, 0.4) is 0 Å². The van der Waals surface area contributed by atoms with E-state index in [2.05, 4.69) is 10.6 Å². The van der Waals surface area contributed by atoms with Crippen molar-refractivity contribution in [2.75, 3.05) is 13.1 Å². The topological polar surface area (TPSA) is 41.1 Å². The lowest BCUT2D eigenvalue weighted by Gasteiger charge is -2.26. The zero-order valence-electron chi connectivity index (χ0n) is 11.9. The average molecular weight is 317 g/mol. The van der Waals surface area contributed by atoms with Crippen LogP contribution in [0.25, 0.3) is 0 Å². The van der Waals surface area contributed by atoms with Gasteiger partial charge in [0.25, 0.3) is 0 Å². The molecule has 1 saturated heterocycles. The van der Waals surface area contributed by atoms with Crippen molar-refractivity contribution in [2.45, 2.75) is 38.1 Å². The van der Waals surface area contributed by atoms with Crippen molar-refractivity contribution in [3.05, 3.63) is 34.9 Å². The largest absolute Gasteiger partial charge is 0.354 e. The summed E-state index contributed by atoms with van der Waals surface area (Å²) in [7, 11) is 0. The fourth-order valence-electron chi connectivity index (χ4n) is 2.46. The van der Waals surface area contributed by atoms with E-state index in [1.807, 2.05) is 38.1 Å². The maximum absolute atomic E-state index is 12.4. The van der Waals surface area contributed by atoms with Crippen LogP contribution < -0.4 is 10.6 Å². The maximum atomic E-state index is 12.4. The Bertz CT molecular complexity index is 457. The molecule has 1 amide bonds. The van der Waals surface area contributed by atoms with Crippen molar-refractivity contribution in [3.63, 3.8) is 0 Å². The molecule has 1 heterocycles. The second-order valence-electron chi connectivity index (χ2n) is 5.61. The van der Waals surface area contributed by atoms with Gasteiger partial charge in [0.15, 0.2) is 0 Å². The number of carbonyl (C=O) groups excluding carboxylic acids is 1. The van der Waals surface area contributed by atoms with E-state index in [9.17, 15) is 4.79 Å². The Morgan fingerprint density at radius 1 is 1.45 bits per heavy atom. The Hall–Kier alpha value is -0.770. The van der Waals surface area contributed by atoms with Gasteiger partial charge >= 0.3 is 0 Å². The molecule has 0 aromatic heterocycles. The van der Waals surface area contributed by atoms with E-state index in [1.165, 1.54) is 6.42 Å². The Morgan fingerprint density at radius 2 is 2.15 bits per heavy atom. The molecule has 5 heteroatoms. The molecule has 1 aliphatic rings. The molecule has 0 spiro atoms. The van der Waals surface area contributed by atoms with Gasteiger partial charge in [0.2, 0.25) is 5.91 Å². The summed E-state index contributed by atoms with van der Waals surface area (Å²) in [5, 5.41) is 7.04. The Balaban J connectivity index is 0.00000200. The number of benzene rings is 1. The van der Waals surface area contributed by atoms with E-state index in [0.29, 0.717) is 17.6 Å². The van der Waals surface area contributed by atoms with Crippen molar-refractivity contribution in [2.24, 2.45) is 0 Å². The first-order valence-electron chi connectivity index (χ1n) is 6.78. The molecule has 2 N–H and O–H groups in total. The molecule has 0 bridgehead atoms. The molecule has 1 unspecified atom stereocenters. The normalized spacial score (nSPS) is 18.4. The highest BCUT2D eigenvalue weighted by molar-refractivity contribution is 6.31. The molecule has 20 heavy (non-hydrogen) atoms. The number of hydrogen-bond acceptors (Lipinski definition) is 2. The number of amides is 1. The van der Waals surface area contributed by atoms with E-state index in [0.717, 1.165) is 18.5 Å². The van der Waals surface area contributed by atoms with Gasteiger partial charge in [-0.25, -0.2) is 0 Å². The molecule has 2 rings (SSSR count). The second kappa shape index (κ2) is 7.30. The molecule has 1 fully saturated rings. The van der Waals surface area contributed by atoms with E-state index < -0.39 is 5.41 Å². The van der Waals surface area contributed by atoms with Crippen LogP contribution in [-0.2, 0) is 10.2 Å². The molecule has 112 valence electrons. The minimum atomic E-state index is -0.614. The SMILES string of the molecule is CC(C)(C(=O)NCC1CCCN1)c1ccccc1Cl.Cl. The van der Waals surface area contributed by atoms with Crippen LogP contribution in [0.15, 0.2) is 24.3 Å². The zero-order valence-corrected chi connectivity index (χ0v) is 13.5. The minimum Gasteiger partial charge on any atom is -0.354 e. The van der Waals surface area contributed by atoms with E-state index in [-0.39, 0.29) is 18.3 Å². The van der Waals surface area contributed by atoms with Crippen molar-refractivity contribution in [3.8, 4) is 0 Å². The predicted octanol–water partition coefficient (Wildman–Crippen LogP) is 2.91. The lowest BCUT2D eigenvalue weighted by atomic mass is 9.83. The van der Waals surface area contributed by atoms with Crippen LogP contribution in [0.4, 0.5) is 0 Å². The highest BCUT2D eigenvalue weighted by Crippen LogP contribution is 2.29. The molecule has 1 atom stereocenters. The molecule has 0 aliphatic carbocycles. The summed E-state index contributed by atoms with van der Waals surface area (Å²) in [6, 6.07) is 7.93. The van der Waals surface area contributed by atoms with Crippen LogP contribution in [0, 0.1) is 0 Å². The van der Waals surface area contributed by atoms with Gasteiger partial charge in [-0.3, -0.25) is 4.79 Å². The van der Waals surface area contributed by atoms with Crippen LogP contribution in [0.1, 0.15) is 32.3 Å². The minimum absolute atomic E-state index is 0. The van der Waals surface area contributed by atoms with Crippen molar-refractivity contribution in [1.82, 2.24) is 10.6 Å². The first kappa shape index (κ1) is 17.3. The van der Waals surface area contributed by atoms with Crippen LogP contribution in [0.5, 0.6) is 0 Å². The number of nitrogens with one attached hydrogen (secondary N) is 2. The lowest BCUT2D eigenvalue weighted by Crippen LogP contribution is -2.45. The van der Waals surface area contributed by atoms with E-state index >= 15 is 0 Å². The van der Waals surface area contributed by atoms with E-state index in [4.69, 9.17) is 11.6 Å². The van der Waals surface area contributed by atoms with Gasteiger partial charge in [-0.05, 0) is 44.9 Å². The van der Waals surface area contributed by atoms with Crippen molar-refractivity contribution >= 4 is 29.9 Å². The molecule has 1 aliphatic heterocycles. The number of hydrogen-bond donors (Lipinski definition) is 2. The van der Waals surface area contributed by atoms with Crippen LogP contribution in [-0.4, -0.2) is 25.0 Å². The van der Waals surface area contributed by atoms with Crippen LogP contribution in [0.2, 0.25) is 5.02 Å². The third-order valence-corrected chi connectivity index (χ3v) is 4.12. The summed E-state index contributed by atoms with van der Waals surface area (Å²) in [6.45, 7) is 5.55.